The van der Waals surface area contributed by atoms with Crippen LogP contribution in [-0.2, 0) is 14.8 Å². The molecule has 1 fully saturated rings. The first-order chi connectivity index (χ1) is 15.3. The molecule has 2 amide bonds. The number of methoxy groups -OCH3 is 1. The zero-order valence-electron chi connectivity index (χ0n) is 17.3. The summed E-state index contributed by atoms with van der Waals surface area (Å²) in [6.45, 7) is 0.945. The van der Waals surface area contributed by atoms with Crippen LogP contribution in [0.1, 0.15) is 23.2 Å². The maximum Gasteiger partial charge on any atom is 0.263 e. The third-order valence-electron chi connectivity index (χ3n) is 5.41. The van der Waals surface area contributed by atoms with Gasteiger partial charge in [-0.2, -0.15) is 0 Å². The first-order valence-electron chi connectivity index (χ1n) is 9.93. The summed E-state index contributed by atoms with van der Waals surface area (Å²) in [7, 11) is -2.31. The summed E-state index contributed by atoms with van der Waals surface area (Å²) in [4.78, 5) is 30.3. The number of primary amides is 1. The Morgan fingerprint density at radius 1 is 1.16 bits per heavy atom. The topological polar surface area (TPSA) is 132 Å². The van der Waals surface area contributed by atoms with Gasteiger partial charge in [-0.1, -0.05) is 11.3 Å². The minimum absolute atomic E-state index is 0.0905. The molecule has 1 aliphatic heterocycles. The normalized spacial score (nSPS) is 15.0. The summed E-state index contributed by atoms with van der Waals surface area (Å²) >= 11 is 1.15. The largest absolute Gasteiger partial charge is 0.497 e. The van der Waals surface area contributed by atoms with Gasteiger partial charge in [-0.15, -0.1) is 0 Å². The molecule has 9 nitrogen and oxygen atoms in total. The van der Waals surface area contributed by atoms with Crippen LogP contribution < -0.4 is 15.2 Å². The third-order valence-corrected chi connectivity index (χ3v) is 7.83. The fourth-order valence-corrected chi connectivity index (χ4v) is 5.72. The quantitative estimate of drug-likeness (QED) is 0.564. The minimum Gasteiger partial charge on any atom is -0.497 e. The van der Waals surface area contributed by atoms with Gasteiger partial charge >= 0.3 is 0 Å². The molecule has 2 aromatic carbocycles. The zero-order chi connectivity index (χ0) is 22.9. The number of rotatable bonds is 6. The summed E-state index contributed by atoms with van der Waals surface area (Å²) in [5.74, 6) is -0.0966. The number of hydrogen-bond donors (Lipinski definition) is 2. The molecule has 1 aromatic heterocycles. The molecule has 0 radical (unpaired) electrons. The smallest absolute Gasteiger partial charge is 0.263 e. The van der Waals surface area contributed by atoms with E-state index < -0.39 is 10.0 Å². The van der Waals surface area contributed by atoms with Crippen molar-refractivity contribution in [1.82, 2.24) is 9.88 Å². The van der Waals surface area contributed by atoms with Gasteiger partial charge in [0.25, 0.3) is 15.9 Å². The third kappa shape index (κ3) is 4.53. The molecule has 32 heavy (non-hydrogen) atoms. The van der Waals surface area contributed by atoms with Crippen molar-refractivity contribution in [3.05, 3.63) is 48.0 Å². The Hall–Kier alpha value is -3.18. The number of hydrogen-bond acceptors (Lipinski definition) is 7. The van der Waals surface area contributed by atoms with Crippen LogP contribution in [-0.4, -0.2) is 50.3 Å². The van der Waals surface area contributed by atoms with Gasteiger partial charge in [0.05, 0.1) is 22.2 Å². The molecule has 2 heterocycles. The Morgan fingerprint density at radius 2 is 1.84 bits per heavy atom. The molecule has 168 valence electrons. The number of carbonyl (C=O) groups is 2. The molecule has 0 aliphatic carbocycles. The molecule has 11 heteroatoms. The molecule has 0 bridgehead atoms. The lowest BCUT2D eigenvalue weighted by molar-refractivity contribution is -0.123. The predicted molar refractivity (Wildman–Crippen MR) is 121 cm³/mol. The monoisotopic (exact) mass is 474 g/mol. The van der Waals surface area contributed by atoms with Crippen LogP contribution in [0.3, 0.4) is 0 Å². The highest BCUT2D eigenvalue weighted by atomic mass is 32.2. The molecule has 0 atom stereocenters. The van der Waals surface area contributed by atoms with Crippen molar-refractivity contribution in [3.63, 3.8) is 0 Å². The van der Waals surface area contributed by atoms with Gasteiger partial charge in [-0.3, -0.25) is 14.3 Å². The van der Waals surface area contributed by atoms with Crippen molar-refractivity contribution in [3.8, 4) is 5.75 Å². The average Bonchev–Trinajstić information content (AvgIpc) is 3.19. The highest BCUT2D eigenvalue weighted by molar-refractivity contribution is 7.93. The van der Waals surface area contributed by atoms with E-state index in [1.165, 1.54) is 19.2 Å². The summed E-state index contributed by atoms with van der Waals surface area (Å²) in [6, 6.07) is 11.1. The van der Waals surface area contributed by atoms with Crippen LogP contribution in [0.4, 0.5) is 5.13 Å². The SMILES string of the molecule is COc1ccc(S(=O)(=O)Nc2nc3ccc(C(=O)N4CCC(C(N)=O)CC4)cc3s2)cc1. The minimum atomic E-state index is -3.81. The maximum absolute atomic E-state index is 12.9. The van der Waals surface area contributed by atoms with Crippen molar-refractivity contribution in [1.29, 1.82) is 0 Å². The summed E-state index contributed by atoms with van der Waals surface area (Å²) in [6.07, 6.45) is 1.11. The number of nitrogens with one attached hydrogen (secondary N) is 1. The first-order valence-corrected chi connectivity index (χ1v) is 12.2. The fraction of sp³-hybridized carbons (Fsp3) is 0.286. The number of aromatic nitrogens is 1. The van der Waals surface area contributed by atoms with Gasteiger partial charge in [0, 0.05) is 24.6 Å². The van der Waals surface area contributed by atoms with E-state index in [2.05, 4.69) is 9.71 Å². The molecule has 1 saturated heterocycles. The summed E-state index contributed by atoms with van der Waals surface area (Å²) < 4.78 is 33.5. The molecule has 0 unspecified atom stereocenters. The number of ether oxygens (including phenoxy) is 1. The number of thiazole rings is 1. The number of fused-ring (bicyclic) bond motifs is 1. The van der Waals surface area contributed by atoms with E-state index in [0.717, 1.165) is 11.3 Å². The number of likely N-dealkylation sites (tertiary alicyclic amines) is 1. The van der Waals surface area contributed by atoms with Gasteiger partial charge < -0.3 is 15.4 Å². The molecule has 0 saturated carbocycles. The Kier molecular flexibility index (Phi) is 6.02. The lowest BCUT2D eigenvalue weighted by Crippen LogP contribution is -2.41. The van der Waals surface area contributed by atoms with Crippen LogP contribution in [0.15, 0.2) is 47.4 Å². The van der Waals surface area contributed by atoms with Crippen LogP contribution in [0, 0.1) is 5.92 Å². The average molecular weight is 475 g/mol. The number of anilines is 1. The second kappa shape index (κ2) is 8.75. The van der Waals surface area contributed by atoms with Gasteiger partial charge in [0.15, 0.2) is 5.13 Å². The number of sulfonamides is 1. The predicted octanol–water partition coefficient (Wildman–Crippen LogP) is 2.44. The molecular formula is C21H22N4O5S2. The van der Waals surface area contributed by atoms with E-state index in [4.69, 9.17) is 10.5 Å². The number of carbonyl (C=O) groups excluding carboxylic acids is 2. The molecule has 4 rings (SSSR count). The molecule has 3 N–H and O–H groups in total. The van der Waals surface area contributed by atoms with Gasteiger partial charge in [-0.05, 0) is 55.3 Å². The summed E-state index contributed by atoms with van der Waals surface area (Å²) in [5, 5.41) is 0.211. The first kappa shape index (κ1) is 22.0. The maximum atomic E-state index is 12.9. The van der Waals surface area contributed by atoms with E-state index in [9.17, 15) is 18.0 Å². The van der Waals surface area contributed by atoms with Crippen LogP contribution in [0.2, 0.25) is 0 Å². The molecule has 1 aliphatic rings. The molecular weight excluding hydrogens is 452 g/mol. The Balaban J connectivity index is 1.50. The van der Waals surface area contributed by atoms with E-state index in [1.807, 2.05) is 0 Å². The standard InChI is InChI=1S/C21H22N4O5S2/c1-30-15-3-5-16(6-4-15)32(28,29)24-21-23-17-7-2-14(12-18(17)31-21)20(27)25-10-8-13(9-11-25)19(22)26/h2-7,12-13H,8-11H2,1H3,(H2,22,26)(H,23,24). The van der Waals surface area contributed by atoms with Gasteiger partial charge in [0.2, 0.25) is 5.91 Å². The second-order valence-corrected chi connectivity index (χ2v) is 10.2. The van der Waals surface area contributed by atoms with Gasteiger partial charge in [-0.25, -0.2) is 13.4 Å². The Bertz CT molecular complexity index is 1260. The number of benzene rings is 2. The molecule has 3 aromatic rings. The van der Waals surface area contributed by atoms with E-state index in [0.29, 0.717) is 47.5 Å². The summed E-state index contributed by atoms with van der Waals surface area (Å²) in [5.41, 5.74) is 6.43. The zero-order valence-corrected chi connectivity index (χ0v) is 18.9. The fourth-order valence-electron chi connectivity index (χ4n) is 3.58. The van der Waals surface area contributed by atoms with Crippen molar-refractivity contribution in [2.24, 2.45) is 11.7 Å². The van der Waals surface area contributed by atoms with Crippen LogP contribution >= 0.6 is 11.3 Å². The lowest BCUT2D eigenvalue weighted by Gasteiger charge is -2.30. The Morgan fingerprint density at radius 3 is 2.47 bits per heavy atom. The second-order valence-electron chi connectivity index (χ2n) is 7.45. The van der Waals surface area contributed by atoms with Crippen molar-refractivity contribution in [2.45, 2.75) is 17.7 Å². The van der Waals surface area contributed by atoms with Crippen molar-refractivity contribution < 1.29 is 22.7 Å². The van der Waals surface area contributed by atoms with E-state index in [-0.39, 0.29) is 27.8 Å². The van der Waals surface area contributed by atoms with Crippen molar-refractivity contribution in [2.75, 3.05) is 24.9 Å². The highest BCUT2D eigenvalue weighted by Gasteiger charge is 2.26. The number of piperidine rings is 1. The van der Waals surface area contributed by atoms with Crippen LogP contribution in [0.5, 0.6) is 5.75 Å². The number of nitrogens with two attached hydrogens (primary N) is 1. The molecule has 0 spiro atoms. The van der Waals surface area contributed by atoms with Gasteiger partial charge in [0.1, 0.15) is 5.75 Å². The lowest BCUT2D eigenvalue weighted by atomic mass is 9.96. The Labute approximate surface area is 189 Å². The number of nitrogens with zero attached hydrogens (tertiary/aromatic N) is 2. The van der Waals surface area contributed by atoms with Crippen molar-refractivity contribution >= 4 is 48.5 Å². The number of amides is 2. The van der Waals surface area contributed by atoms with E-state index >= 15 is 0 Å². The highest BCUT2D eigenvalue weighted by Crippen LogP contribution is 2.29. The van der Waals surface area contributed by atoms with Crippen LogP contribution in [0.25, 0.3) is 10.2 Å². The van der Waals surface area contributed by atoms with E-state index in [1.54, 1.807) is 35.2 Å².